The lowest BCUT2D eigenvalue weighted by Gasteiger charge is -2.08. The van der Waals surface area contributed by atoms with Crippen molar-refractivity contribution in [2.45, 2.75) is 51.0 Å². The average molecular weight is 283 g/mol. The normalized spacial score (nSPS) is 15.4. The minimum Gasteiger partial charge on any atom is -0.299 e. The predicted molar refractivity (Wildman–Crippen MR) is 81.0 cm³/mol. The fourth-order valence-corrected chi connectivity index (χ4v) is 2.95. The zero-order valence-corrected chi connectivity index (χ0v) is 12.2. The monoisotopic (exact) mass is 283 g/mol. The standard InChI is InChI=1S/C17H21N3O/c21-17(9-8-14-5-3-4-11-18-14)13-15-10-12-20(19-15)16-6-1-2-7-16/h3-5,10-12,16H,1-2,6-9,13H2. The number of aryl methyl sites for hydroxylation is 1. The van der Waals surface area contributed by atoms with Crippen LogP contribution in [0.2, 0.25) is 0 Å². The van der Waals surface area contributed by atoms with Crippen molar-refractivity contribution in [3.63, 3.8) is 0 Å². The molecule has 110 valence electrons. The Morgan fingerprint density at radius 1 is 1.19 bits per heavy atom. The van der Waals surface area contributed by atoms with Crippen molar-refractivity contribution < 1.29 is 4.79 Å². The first-order valence-corrected chi connectivity index (χ1v) is 7.77. The third-order valence-electron chi connectivity index (χ3n) is 4.13. The molecule has 4 heteroatoms. The highest BCUT2D eigenvalue weighted by molar-refractivity contribution is 5.80. The van der Waals surface area contributed by atoms with Gasteiger partial charge in [-0.15, -0.1) is 0 Å². The first-order chi connectivity index (χ1) is 10.3. The van der Waals surface area contributed by atoms with Gasteiger partial charge in [0.15, 0.2) is 0 Å². The Kier molecular flexibility index (Phi) is 4.43. The molecule has 2 aromatic rings. The van der Waals surface area contributed by atoms with Crippen molar-refractivity contribution in [3.8, 4) is 0 Å². The van der Waals surface area contributed by atoms with Gasteiger partial charge in [0, 0.05) is 24.5 Å². The first kappa shape index (κ1) is 14.0. The second-order valence-corrected chi connectivity index (χ2v) is 5.76. The lowest BCUT2D eigenvalue weighted by atomic mass is 10.1. The number of carbonyl (C=O) groups is 1. The largest absolute Gasteiger partial charge is 0.299 e. The summed E-state index contributed by atoms with van der Waals surface area (Å²) in [6.07, 6.45) is 10.5. The third kappa shape index (κ3) is 3.78. The average Bonchev–Trinajstić information content (AvgIpc) is 3.17. The van der Waals surface area contributed by atoms with Crippen LogP contribution in [0.5, 0.6) is 0 Å². The van der Waals surface area contributed by atoms with E-state index in [9.17, 15) is 4.79 Å². The van der Waals surface area contributed by atoms with E-state index in [1.54, 1.807) is 6.20 Å². The highest BCUT2D eigenvalue weighted by Crippen LogP contribution is 2.28. The maximum atomic E-state index is 12.0. The Hall–Kier alpha value is -1.97. The third-order valence-corrected chi connectivity index (χ3v) is 4.13. The molecule has 2 aromatic heterocycles. The van der Waals surface area contributed by atoms with Crippen LogP contribution in [0.3, 0.4) is 0 Å². The molecule has 1 aliphatic rings. The van der Waals surface area contributed by atoms with E-state index in [-0.39, 0.29) is 5.78 Å². The zero-order chi connectivity index (χ0) is 14.5. The molecule has 0 aromatic carbocycles. The fraction of sp³-hybridized carbons (Fsp3) is 0.471. The molecule has 0 saturated heterocycles. The zero-order valence-electron chi connectivity index (χ0n) is 12.2. The summed E-state index contributed by atoms with van der Waals surface area (Å²) >= 11 is 0. The number of aromatic nitrogens is 3. The van der Waals surface area contributed by atoms with Gasteiger partial charge in [-0.1, -0.05) is 18.9 Å². The second kappa shape index (κ2) is 6.66. The van der Waals surface area contributed by atoms with Gasteiger partial charge in [-0.3, -0.25) is 14.5 Å². The first-order valence-electron chi connectivity index (χ1n) is 7.77. The molecule has 0 N–H and O–H groups in total. The van der Waals surface area contributed by atoms with Crippen LogP contribution < -0.4 is 0 Å². The van der Waals surface area contributed by atoms with E-state index in [0.29, 0.717) is 25.3 Å². The number of carbonyl (C=O) groups excluding carboxylic acids is 1. The molecule has 0 aliphatic heterocycles. The summed E-state index contributed by atoms with van der Waals surface area (Å²) in [6, 6.07) is 8.33. The highest BCUT2D eigenvalue weighted by Gasteiger charge is 2.18. The minimum atomic E-state index is 0.234. The van der Waals surface area contributed by atoms with E-state index >= 15 is 0 Å². The Balaban J connectivity index is 1.50. The molecule has 0 spiro atoms. The van der Waals surface area contributed by atoms with Crippen LogP contribution in [0.25, 0.3) is 0 Å². The lowest BCUT2D eigenvalue weighted by molar-refractivity contribution is -0.118. The van der Waals surface area contributed by atoms with Gasteiger partial charge in [0.1, 0.15) is 5.78 Å². The quantitative estimate of drug-likeness (QED) is 0.818. The summed E-state index contributed by atoms with van der Waals surface area (Å²) in [6.45, 7) is 0. The van der Waals surface area contributed by atoms with Gasteiger partial charge in [0.25, 0.3) is 0 Å². The summed E-state index contributed by atoms with van der Waals surface area (Å²) in [5, 5.41) is 4.57. The molecule has 0 amide bonds. The van der Waals surface area contributed by atoms with Crippen molar-refractivity contribution >= 4 is 5.78 Å². The molecule has 1 fully saturated rings. The summed E-state index contributed by atoms with van der Waals surface area (Å²) in [5.41, 5.74) is 1.87. The smallest absolute Gasteiger partial charge is 0.139 e. The molecule has 1 aliphatic carbocycles. The molecule has 21 heavy (non-hydrogen) atoms. The van der Waals surface area contributed by atoms with E-state index in [1.165, 1.54) is 25.7 Å². The van der Waals surface area contributed by atoms with Crippen LogP contribution in [0.4, 0.5) is 0 Å². The SMILES string of the molecule is O=C(CCc1ccccn1)Cc1ccn(C2CCCC2)n1. The molecule has 1 saturated carbocycles. The topological polar surface area (TPSA) is 47.8 Å². The fourth-order valence-electron chi connectivity index (χ4n) is 2.95. The maximum absolute atomic E-state index is 12.0. The van der Waals surface area contributed by atoms with Crippen LogP contribution in [0.15, 0.2) is 36.7 Å². The highest BCUT2D eigenvalue weighted by atomic mass is 16.1. The number of hydrogen-bond acceptors (Lipinski definition) is 3. The van der Waals surface area contributed by atoms with E-state index in [0.717, 1.165) is 11.4 Å². The van der Waals surface area contributed by atoms with Crippen molar-refractivity contribution in [1.82, 2.24) is 14.8 Å². The molecule has 0 unspecified atom stereocenters. The van der Waals surface area contributed by atoms with Gasteiger partial charge in [-0.2, -0.15) is 5.10 Å². The van der Waals surface area contributed by atoms with Crippen LogP contribution in [-0.4, -0.2) is 20.5 Å². The summed E-state index contributed by atoms with van der Waals surface area (Å²) < 4.78 is 2.05. The summed E-state index contributed by atoms with van der Waals surface area (Å²) in [7, 11) is 0. The Morgan fingerprint density at radius 3 is 2.81 bits per heavy atom. The summed E-state index contributed by atoms with van der Waals surface area (Å²) in [4.78, 5) is 16.3. The van der Waals surface area contributed by atoms with Gasteiger partial charge in [0.05, 0.1) is 18.2 Å². The van der Waals surface area contributed by atoms with E-state index in [4.69, 9.17) is 0 Å². The van der Waals surface area contributed by atoms with Crippen LogP contribution >= 0.6 is 0 Å². The lowest BCUT2D eigenvalue weighted by Crippen LogP contribution is -2.08. The molecular weight excluding hydrogens is 262 g/mol. The molecule has 2 heterocycles. The molecular formula is C17H21N3O. The van der Waals surface area contributed by atoms with Gasteiger partial charge >= 0.3 is 0 Å². The van der Waals surface area contributed by atoms with Crippen molar-refractivity contribution in [1.29, 1.82) is 0 Å². The summed E-state index contributed by atoms with van der Waals surface area (Å²) in [5.74, 6) is 0.234. The van der Waals surface area contributed by atoms with Crippen LogP contribution in [0, 0.1) is 0 Å². The molecule has 3 rings (SSSR count). The second-order valence-electron chi connectivity index (χ2n) is 5.76. The van der Waals surface area contributed by atoms with Crippen LogP contribution in [-0.2, 0) is 17.6 Å². The van der Waals surface area contributed by atoms with Gasteiger partial charge < -0.3 is 0 Å². The number of nitrogens with zero attached hydrogens (tertiary/aromatic N) is 3. The van der Waals surface area contributed by atoms with Gasteiger partial charge in [-0.25, -0.2) is 0 Å². The number of Topliss-reactive ketones (excluding diaryl/α,β-unsaturated/α-hetero) is 1. The van der Waals surface area contributed by atoms with Crippen LogP contribution in [0.1, 0.15) is 49.5 Å². The van der Waals surface area contributed by atoms with E-state index in [1.807, 2.05) is 35.1 Å². The molecule has 0 bridgehead atoms. The number of rotatable bonds is 6. The number of hydrogen-bond donors (Lipinski definition) is 0. The number of ketones is 1. The van der Waals surface area contributed by atoms with Crippen molar-refractivity contribution in [2.24, 2.45) is 0 Å². The maximum Gasteiger partial charge on any atom is 0.139 e. The Morgan fingerprint density at radius 2 is 2.05 bits per heavy atom. The number of pyridine rings is 1. The van der Waals surface area contributed by atoms with Gasteiger partial charge in [-0.05, 0) is 37.5 Å². The van der Waals surface area contributed by atoms with Crippen molar-refractivity contribution in [2.75, 3.05) is 0 Å². The minimum absolute atomic E-state index is 0.234. The van der Waals surface area contributed by atoms with E-state index < -0.39 is 0 Å². The Labute approximate surface area is 125 Å². The predicted octanol–water partition coefficient (Wildman–Crippen LogP) is 3.14. The van der Waals surface area contributed by atoms with E-state index in [2.05, 4.69) is 10.1 Å². The van der Waals surface area contributed by atoms with Crippen molar-refractivity contribution in [3.05, 3.63) is 48.0 Å². The van der Waals surface area contributed by atoms with Gasteiger partial charge in [0.2, 0.25) is 0 Å². The Bertz CT molecular complexity index is 585. The molecule has 0 radical (unpaired) electrons. The molecule has 4 nitrogen and oxygen atoms in total. The molecule has 0 atom stereocenters.